The number of hydrogen-bond donors (Lipinski definition) is 2. The summed E-state index contributed by atoms with van der Waals surface area (Å²) in [6, 6.07) is 6.96. The lowest BCUT2D eigenvalue weighted by atomic mass is 10.2. The number of ether oxygens (including phenoxy) is 2. The fourth-order valence-electron chi connectivity index (χ4n) is 1.72. The minimum atomic E-state index is -0.219. The predicted octanol–water partition coefficient (Wildman–Crippen LogP) is 3.44. The first-order valence-corrected chi connectivity index (χ1v) is 6.89. The van der Waals surface area contributed by atoms with Crippen LogP contribution in [0.5, 0.6) is 11.5 Å². The molecule has 1 aromatic heterocycles. The van der Waals surface area contributed by atoms with Crippen LogP contribution in [-0.2, 0) is 0 Å². The molecule has 0 bridgehead atoms. The van der Waals surface area contributed by atoms with Crippen LogP contribution in [0.4, 0.5) is 5.69 Å². The average Bonchev–Trinajstić information content (AvgIpc) is 2.86. The van der Waals surface area contributed by atoms with Crippen molar-refractivity contribution in [2.45, 2.75) is 6.92 Å². The van der Waals surface area contributed by atoms with Crippen LogP contribution in [0.25, 0.3) is 0 Å². The number of methoxy groups -OCH3 is 1. The van der Waals surface area contributed by atoms with E-state index in [1.54, 1.807) is 37.6 Å². The Morgan fingerprint density at radius 1 is 1.35 bits per heavy atom. The van der Waals surface area contributed by atoms with Gasteiger partial charge in [0.2, 0.25) is 0 Å². The second-order valence-corrected chi connectivity index (χ2v) is 4.90. The summed E-state index contributed by atoms with van der Waals surface area (Å²) < 4.78 is 11.5. The minimum Gasteiger partial charge on any atom is -0.493 e. The van der Waals surface area contributed by atoms with Gasteiger partial charge in [-0.15, -0.1) is 0 Å². The number of carbonyl (C=O) groups excluding carboxylic acids is 1. The minimum absolute atomic E-state index is 0.219. The summed E-state index contributed by atoms with van der Waals surface area (Å²) in [6.45, 7) is 2.42. The van der Waals surface area contributed by atoms with Crippen molar-refractivity contribution >= 4 is 27.5 Å². The van der Waals surface area contributed by atoms with Crippen molar-refractivity contribution in [2.75, 3.05) is 19.0 Å². The molecule has 0 saturated heterocycles. The molecule has 2 rings (SSSR count). The Kier molecular flexibility index (Phi) is 4.68. The van der Waals surface area contributed by atoms with Gasteiger partial charge in [0.1, 0.15) is 5.69 Å². The van der Waals surface area contributed by atoms with Gasteiger partial charge in [0.15, 0.2) is 11.5 Å². The van der Waals surface area contributed by atoms with E-state index in [4.69, 9.17) is 9.47 Å². The Labute approximate surface area is 125 Å². The van der Waals surface area contributed by atoms with Gasteiger partial charge in [0.25, 0.3) is 5.91 Å². The number of aromatic nitrogens is 1. The van der Waals surface area contributed by atoms with Crippen LogP contribution in [0.1, 0.15) is 17.4 Å². The van der Waals surface area contributed by atoms with Gasteiger partial charge in [-0.1, -0.05) is 0 Å². The van der Waals surface area contributed by atoms with Gasteiger partial charge in [0, 0.05) is 22.4 Å². The molecule has 6 heteroatoms. The molecule has 106 valence electrons. The number of rotatable bonds is 5. The first kappa shape index (κ1) is 14.5. The SMILES string of the molecule is CCOc1cc(NC(=O)c2cc(Br)c[nH]2)ccc1OC. The van der Waals surface area contributed by atoms with Gasteiger partial charge >= 0.3 is 0 Å². The molecular weight excluding hydrogens is 324 g/mol. The predicted molar refractivity (Wildman–Crippen MR) is 80.6 cm³/mol. The topological polar surface area (TPSA) is 63.3 Å². The molecule has 2 aromatic rings. The highest BCUT2D eigenvalue weighted by atomic mass is 79.9. The number of aromatic amines is 1. The van der Waals surface area contributed by atoms with E-state index < -0.39 is 0 Å². The van der Waals surface area contributed by atoms with Gasteiger partial charge in [-0.3, -0.25) is 4.79 Å². The number of H-pyrrole nitrogens is 1. The van der Waals surface area contributed by atoms with E-state index in [2.05, 4.69) is 26.2 Å². The van der Waals surface area contributed by atoms with E-state index in [0.717, 1.165) is 4.47 Å². The van der Waals surface area contributed by atoms with Crippen molar-refractivity contribution in [1.82, 2.24) is 4.98 Å². The fourth-order valence-corrected chi connectivity index (χ4v) is 2.06. The smallest absolute Gasteiger partial charge is 0.272 e. The van der Waals surface area contributed by atoms with Crippen molar-refractivity contribution in [3.63, 3.8) is 0 Å². The van der Waals surface area contributed by atoms with E-state index in [1.807, 2.05) is 6.92 Å². The third-order valence-electron chi connectivity index (χ3n) is 2.61. The number of benzene rings is 1. The van der Waals surface area contributed by atoms with Crippen molar-refractivity contribution in [2.24, 2.45) is 0 Å². The zero-order chi connectivity index (χ0) is 14.5. The normalized spacial score (nSPS) is 10.2. The molecule has 2 N–H and O–H groups in total. The van der Waals surface area contributed by atoms with E-state index in [9.17, 15) is 4.79 Å². The summed E-state index contributed by atoms with van der Waals surface area (Å²) in [7, 11) is 1.58. The first-order chi connectivity index (χ1) is 9.63. The summed E-state index contributed by atoms with van der Waals surface area (Å²) >= 11 is 3.29. The third-order valence-corrected chi connectivity index (χ3v) is 3.07. The fraction of sp³-hybridized carbons (Fsp3) is 0.214. The number of amides is 1. The van der Waals surface area contributed by atoms with Crippen molar-refractivity contribution < 1.29 is 14.3 Å². The van der Waals surface area contributed by atoms with Crippen LogP contribution >= 0.6 is 15.9 Å². The molecular formula is C14H15BrN2O3. The van der Waals surface area contributed by atoms with Crippen molar-refractivity contribution in [3.8, 4) is 11.5 Å². The monoisotopic (exact) mass is 338 g/mol. The Balaban J connectivity index is 2.17. The summed E-state index contributed by atoms with van der Waals surface area (Å²) in [5.74, 6) is 1.01. The highest BCUT2D eigenvalue weighted by Gasteiger charge is 2.10. The lowest BCUT2D eigenvalue weighted by Gasteiger charge is -2.11. The average molecular weight is 339 g/mol. The molecule has 0 fully saturated rings. The van der Waals surface area contributed by atoms with Gasteiger partial charge < -0.3 is 19.8 Å². The molecule has 1 heterocycles. The van der Waals surface area contributed by atoms with Gasteiger partial charge in [0.05, 0.1) is 13.7 Å². The quantitative estimate of drug-likeness (QED) is 0.877. The third kappa shape index (κ3) is 3.33. The van der Waals surface area contributed by atoms with Crippen LogP contribution in [0.3, 0.4) is 0 Å². The Bertz CT molecular complexity index is 610. The van der Waals surface area contributed by atoms with E-state index >= 15 is 0 Å². The molecule has 1 aromatic carbocycles. The standard InChI is InChI=1S/C14H15BrN2O3/c1-3-20-13-7-10(4-5-12(13)19-2)17-14(18)11-6-9(15)8-16-11/h4-8,16H,3H2,1-2H3,(H,17,18). The Hall–Kier alpha value is -1.95. The molecule has 0 aliphatic rings. The number of carbonyl (C=O) groups is 1. The van der Waals surface area contributed by atoms with Crippen LogP contribution < -0.4 is 14.8 Å². The molecule has 0 atom stereocenters. The molecule has 5 nitrogen and oxygen atoms in total. The molecule has 0 radical (unpaired) electrons. The van der Waals surface area contributed by atoms with E-state index in [-0.39, 0.29) is 5.91 Å². The maximum Gasteiger partial charge on any atom is 0.272 e. The van der Waals surface area contributed by atoms with Crippen molar-refractivity contribution in [3.05, 3.63) is 40.6 Å². The zero-order valence-corrected chi connectivity index (χ0v) is 12.8. The Morgan fingerprint density at radius 2 is 2.15 bits per heavy atom. The molecule has 0 saturated carbocycles. The highest BCUT2D eigenvalue weighted by molar-refractivity contribution is 9.10. The van der Waals surface area contributed by atoms with Crippen LogP contribution in [0, 0.1) is 0 Å². The lowest BCUT2D eigenvalue weighted by Crippen LogP contribution is -2.12. The second kappa shape index (κ2) is 6.47. The molecule has 0 spiro atoms. The van der Waals surface area contributed by atoms with Gasteiger partial charge in [-0.2, -0.15) is 0 Å². The van der Waals surface area contributed by atoms with Crippen LogP contribution in [0.2, 0.25) is 0 Å². The van der Waals surface area contributed by atoms with Gasteiger partial charge in [-0.05, 0) is 41.1 Å². The maximum atomic E-state index is 12.0. The number of hydrogen-bond acceptors (Lipinski definition) is 3. The van der Waals surface area contributed by atoms with E-state index in [0.29, 0.717) is 29.5 Å². The largest absolute Gasteiger partial charge is 0.493 e. The molecule has 20 heavy (non-hydrogen) atoms. The highest BCUT2D eigenvalue weighted by Crippen LogP contribution is 2.30. The zero-order valence-electron chi connectivity index (χ0n) is 11.2. The van der Waals surface area contributed by atoms with E-state index in [1.165, 1.54) is 0 Å². The second-order valence-electron chi connectivity index (χ2n) is 3.98. The maximum absolute atomic E-state index is 12.0. The summed E-state index contributed by atoms with van der Waals surface area (Å²) in [6.07, 6.45) is 1.70. The summed E-state index contributed by atoms with van der Waals surface area (Å²) in [5.41, 5.74) is 1.12. The van der Waals surface area contributed by atoms with Crippen LogP contribution in [-0.4, -0.2) is 24.6 Å². The van der Waals surface area contributed by atoms with Gasteiger partial charge in [-0.25, -0.2) is 0 Å². The molecule has 0 unspecified atom stereocenters. The lowest BCUT2D eigenvalue weighted by molar-refractivity contribution is 0.102. The molecule has 0 aliphatic heterocycles. The number of anilines is 1. The number of nitrogens with one attached hydrogen (secondary N) is 2. The molecule has 0 aliphatic carbocycles. The van der Waals surface area contributed by atoms with Crippen LogP contribution in [0.15, 0.2) is 34.9 Å². The first-order valence-electron chi connectivity index (χ1n) is 6.10. The Morgan fingerprint density at radius 3 is 2.75 bits per heavy atom. The molecule has 1 amide bonds. The van der Waals surface area contributed by atoms with Crippen molar-refractivity contribution in [1.29, 1.82) is 0 Å². The number of halogens is 1. The summed E-state index contributed by atoms with van der Waals surface area (Å²) in [4.78, 5) is 14.9. The summed E-state index contributed by atoms with van der Waals surface area (Å²) in [5, 5.41) is 2.80.